The van der Waals surface area contributed by atoms with E-state index in [4.69, 9.17) is 5.73 Å². The molecule has 18 heavy (non-hydrogen) atoms. The summed E-state index contributed by atoms with van der Waals surface area (Å²) in [7, 11) is 0. The van der Waals surface area contributed by atoms with E-state index in [-0.39, 0.29) is 17.9 Å². The molecule has 0 saturated heterocycles. The van der Waals surface area contributed by atoms with E-state index in [1.54, 1.807) is 20.8 Å². The van der Waals surface area contributed by atoms with Gasteiger partial charge in [0.2, 0.25) is 5.91 Å². The van der Waals surface area contributed by atoms with Crippen molar-refractivity contribution in [1.29, 1.82) is 0 Å². The monoisotopic (exact) mass is 256 g/mol. The van der Waals surface area contributed by atoms with E-state index >= 15 is 0 Å². The van der Waals surface area contributed by atoms with E-state index < -0.39 is 11.5 Å². The normalized spacial score (nSPS) is 24.7. The summed E-state index contributed by atoms with van der Waals surface area (Å²) in [6.45, 7) is 5.31. The lowest BCUT2D eigenvalue weighted by molar-refractivity contribution is -0.159. The summed E-state index contributed by atoms with van der Waals surface area (Å²) in [5.41, 5.74) is 4.82. The number of carbonyl (C=O) groups is 2. The Balaban J connectivity index is 2.88. The maximum atomic E-state index is 12.5. The largest absolute Gasteiger partial charge is 0.480 e. The highest BCUT2D eigenvalue weighted by Gasteiger charge is 2.41. The first-order valence-electron chi connectivity index (χ1n) is 6.62. The Bertz CT molecular complexity index is 328. The van der Waals surface area contributed by atoms with Crippen LogP contribution in [0.2, 0.25) is 0 Å². The fourth-order valence-electron chi connectivity index (χ4n) is 2.61. The Morgan fingerprint density at radius 1 is 1.33 bits per heavy atom. The first-order valence-corrected chi connectivity index (χ1v) is 6.62. The molecule has 0 heterocycles. The maximum absolute atomic E-state index is 12.5. The molecule has 2 atom stereocenters. The smallest absolute Gasteiger partial charge is 0.329 e. The van der Waals surface area contributed by atoms with Crippen LogP contribution in [0, 0.1) is 5.92 Å². The van der Waals surface area contributed by atoms with Crippen molar-refractivity contribution < 1.29 is 14.7 Å². The predicted octanol–water partition coefficient (Wildman–Crippen LogP) is 1.22. The molecule has 1 aliphatic rings. The van der Waals surface area contributed by atoms with Gasteiger partial charge in [-0.3, -0.25) is 4.79 Å². The van der Waals surface area contributed by atoms with E-state index in [9.17, 15) is 14.7 Å². The minimum absolute atomic E-state index is 0.114. The van der Waals surface area contributed by atoms with Gasteiger partial charge in [0.15, 0.2) is 0 Å². The van der Waals surface area contributed by atoms with E-state index in [0.29, 0.717) is 6.54 Å². The van der Waals surface area contributed by atoms with Gasteiger partial charge in [-0.2, -0.15) is 0 Å². The lowest BCUT2D eigenvalue weighted by Crippen LogP contribution is -2.57. The highest BCUT2D eigenvalue weighted by molar-refractivity contribution is 5.87. The van der Waals surface area contributed by atoms with E-state index in [2.05, 4.69) is 0 Å². The Morgan fingerprint density at radius 3 is 2.33 bits per heavy atom. The van der Waals surface area contributed by atoms with Gasteiger partial charge in [0.1, 0.15) is 5.54 Å². The van der Waals surface area contributed by atoms with E-state index in [0.717, 1.165) is 25.7 Å². The zero-order chi connectivity index (χ0) is 13.9. The van der Waals surface area contributed by atoms with Crippen LogP contribution in [0.4, 0.5) is 0 Å². The van der Waals surface area contributed by atoms with E-state index in [1.807, 2.05) is 0 Å². The van der Waals surface area contributed by atoms with Gasteiger partial charge in [-0.15, -0.1) is 0 Å². The molecule has 0 bridgehead atoms. The van der Waals surface area contributed by atoms with Crippen LogP contribution in [-0.2, 0) is 9.59 Å². The number of hydrogen-bond acceptors (Lipinski definition) is 3. The van der Waals surface area contributed by atoms with Gasteiger partial charge in [-0.25, -0.2) is 4.79 Å². The number of likely N-dealkylation sites (N-methyl/N-ethyl adjacent to an activating group) is 1. The molecular formula is C13H24N2O3. The van der Waals surface area contributed by atoms with Gasteiger partial charge in [-0.05, 0) is 33.6 Å². The highest BCUT2D eigenvalue weighted by atomic mass is 16.4. The van der Waals surface area contributed by atoms with Gasteiger partial charge in [0.05, 0.1) is 5.92 Å². The molecule has 0 radical (unpaired) electrons. The van der Waals surface area contributed by atoms with Gasteiger partial charge >= 0.3 is 5.97 Å². The highest BCUT2D eigenvalue weighted by Crippen LogP contribution is 2.27. The van der Waals surface area contributed by atoms with Crippen molar-refractivity contribution >= 4 is 11.9 Å². The molecule has 0 aliphatic heterocycles. The van der Waals surface area contributed by atoms with Crippen molar-refractivity contribution in [3.8, 4) is 0 Å². The molecule has 0 aromatic heterocycles. The summed E-state index contributed by atoms with van der Waals surface area (Å²) in [5, 5.41) is 9.23. The molecule has 1 saturated carbocycles. The van der Waals surface area contributed by atoms with Gasteiger partial charge < -0.3 is 15.7 Å². The molecule has 3 N–H and O–H groups in total. The molecule has 0 aromatic rings. The standard InChI is InChI=1S/C13H24N2O3/c1-4-15(13(2,3)12(17)18)11(16)9-7-5-6-8-10(9)14/h9-10H,4-8,14H2,1-3H3,(H,17,18). The van der Waals surface area contributed by atoms with Crippen molar-refractivity contribution in [2.24, 2.45) is 11.7 Å². The fourth-order valence-corrected chi connectivity index (χ4v) is 2.61. The number of carboxylic acid groups (broad SMARTS) is 1. The van der Waals surface area contributed by atoms with Crippen LogP contribution in [0.3, 0.4) is 0 Å². The second kappa shape index (κ2) is 5.69. The summed E-state index contributed by atoms with van der Waals surface area (Å²) in [6.07, 6.45) is 3.67. The SMILES string of the molecule is CCN(C(=O)C1CCCCC1N)C(C)(C)C(=O)O. The first kappa shape index (κ1) is 15.0. The van der Waals surface area contributed by atoms with E-state index in [1.165, 1.54) is 4.90 Å². The molecule has 104 valence electrons. The molecule has 1 aliphatic carbocycles. The number of carbonyl (C=O) groups excluding carboxylic acids is 1. The van der Waals surface area contributed by atoms with Crippen molar-refractivity contribution in [2.45, 2.75) is 58.0 Å². The Labute approximate surface area is 108 Å². The van der Waals surface area contributed by atoms with Gasteiger partial charge in [0, 0.05) is 12.6 Å². The fraction of sp³-hybridized carbons (Fsp3) is 0.846. The second-order valence-electron chi connectivity index (χ2n) is 5.50. The zero-order valence-corrected chi connectivity index (χ0v) is 11.5. The summed E-state index contributed by atoms with van der Waals surface area (Å²) in [5.74, 6) is -1.32. The molecule has 5 heteroatoms. The average molecular weight is 256 g/mol. The Kier molecular flexibility index (Phi) is 4.73. The maximum Gasteiger partial charge on any atom is 0.329 e. The predicted molar refractivity (Wildman–Crippen MR) is 69.0 cm³/mol. The molecule has 5 nitrogen and oxygen atoms in total. The Hall–Kier alpha value is -1.10. The average Bonchev–Trinajstić information content (AvgIpc) is 2.29. The van der Waals surface area contributed by atoms with Crippen LogP contribution >= 0.6 is 0 Å². The van der Waals surface area contributed by atoms with Crippen molar-refractivity contribution in [2.75, 3.05) is 6.54 Å². The summed E-state index contributed by atoms with van der Waals surface area (Å²) >= 11 is 0. The van der Waals surface area contributed by atoms with Crippen LogP contribution in [0.25, 0.3) is 0 Å². The topological polar surface area (TPSA) is 83.6 Å². The third-order valence-electron chi connectivity index (χ3n) is 3.92. The van der Waals surface area contributed by atoms with Crippen molar-refractivity contribution in [3.05, 3.63) is 0 Å². The summed E-state index contributed by atoms with van der Waals surface area (Å²) in [6, 6.07) is -0.134. The minimum atomic E-state index is -1.18. The number of nitrogens with two attached hydrogens (primary N) is 1. The van der Waals surface area contributed by atoms with Crippen LogP contribution in [0.1, 0.15) is 46.5 Å². The first-order chi connectivity index (χ1) is 8.32. The molecule has 1 rings (SSSR count). The number of nitrogens with zero attached hydrogens (tertiary/aromatic N) is 1. The molecule has 2 unspecified atom stereocenters. The minimum Gasteiger partial charge on any atom is -0.480 e. The van der Waals surface area contributed by atoms with Crippen LogP contribution < -0.4 is 5.73 Å². The lowest BCUT2D eigenvalue weighted by atomic mass is 9.83. The molecule has 0 spiro atoms. The molecule has 0 aromatic carbocycles. The molecular weight excluding hydrogens is 232 g/mol. The summed E-state index contributed by atoms with van der Waals surface area (Å²) < 4.78 is 0. The third kappa shape index (κ3) is 2.83. The molecule has 1 fully saturated rings. The van der Waals surface area contributed by atoms with Crippen LogP contribution in [-0.4, -0.2) is 40.0 Å². The third-order valence-corrected chi connectivity index (χ3v) is 3.92. The number of amides is 1. The molecule has 1 amide bonds. The number of hydrogen-bond donors (Lipinski definition) is 2. The van der Waals surface area contributed by atoms with Crippen molar-refractivity contribution in [3.63, 3.8) is 0 Å². The lowest BCUT2D eigenvalue weighted by Gasteiger charge is -2.39. The van der Waals surface area contributed by atoms with Gasteiger partial charge in [-0.1, -0.05) is 12.8 Å². The zero-order valence-electron chi connectivity index (χ0n) is 11.5. The number of aliphatic carboxylic acids is 1. The van der Waals surface area contributed by atoms with Gasteiger partial charge in [0.25, 0.3) is 0 Å². The quantitative estimate of drug-likeness (QED) is 0.792. The number of carboxylic acids is 1. The summed E-state index contributed by atoms with van der Waals surface area (Å²) in [4.78, 5) is 25.2. The Morgan fingerprint density at radius 2 is 1.89 bits per heavy atom. The second-order valence-corrected chi connectivity index (χ2v) is 5.50. The van der Waals surface area contributed by atoms with Crippen LogP contribution in [0.15, 0.2) is 0 Å². The van der Waals surface area contributed by atoms with Crippen LogP contribution in [0.5, 0.6) is 0 Å². The van der Waals surface area contributed by atoms with Crippen molar-refractivity contribution in [1.82, 2.24) is 4.90 Å². The number of rotatable bonds is 4.